The van der Waals surface area contributed by atoms with Gasteiger partial charge in [-0.1, -0.05) is 36.4 Å². The van der Waals surface area contributed by atoms with E-state index in [1.165, 1.54) is 0 Å². The molecular weight excluding hydrogens is 343 g/mol. The summed E-state index contributed by atoms with van der Waals surface area (Å²) < 4.78 is 11.9. The lowest BCUT2D eigenvalue weighted by Gasteiger charge is -2.12. The second-order valence-corrected chi connectivity index (χ2v) is 6.56. The molecule has 2 N–H and O–H groups in total. The number of nitrogens with zero attached hydrogens (tertiary/aromatic N) is 2. The van der Waals surface area contributed by atoms with Crippen molar-refractivity contribution in [1.82, 2.24) is 9.97 Å². The molecule has 2 aromatic carbocycles. The summed E-state index contributed by atoms with van der Waals surface area (Å²) in [6.45, 7) is 3.95. The molecule has 6 heteroatoms. The van der Waals surface area contributed by atoms with E-state index < -0.39 is 15.9 Å². The van der Waals surface area contributed by atoms with Gasteiger partial charge in [-0.15, -0.1) is 0 Å². The molecule has 2 aromatic heterocycles. The van der Waals surface area contributed by atoms with Crippen molar-refractivity contribution >= 4 is 37.7 Å². The molecule has 4 aromatic rings. The van der Waals surface area contributed by atoms with Crippen LogP contribution in [0.5, 0.6) is 11.5 Å². The van der Waals surface area contributed by atoms with Gasteiger partial charge in [0.05, 0.1) is 0 Å². The van der Waals surface area contributed by atoms with Gasteiger partial charge in [0.2, 0.25) is 0 Å². The Bertz CT molecular complexity index is 984. The van der Waals surface area contributed by atoms with E-state index in [-0.39, 0.29) is 5.48 Å². The van der Waals surface area contributed by atoms with Crippen molar-refractivity contribution in [2.24, 2.45) is 0 Å². The lowest BCUT2D eigenvalue weighted by molar-refractivity contribution is 0.463. The topological polar surface area (TPSA) is 75.7 Å². The third-order valence-electron chi connectivity index (χ3n) is 4.00. The van der Waals surface area contributed by atoms with Crippen molar-refractivity contribution < 1.29 is 13.1 Å². The van der Waals surface area contributed by atoms with E-state index in [1.54, 1.807) is 0 Å². The summed E-state index contributed by atoms with van der Waals surface area (Å²) in [5.74, 6) is 1.50. The van der Waals surface area contributed by atoms with Crippen molar-refractivity contribution in [1.29, 1.82) is 0 Å². The van der Waals surface area contributed by atoms with Gasteiger partial charge in [-0.25, -0.2) is 9.97 Å². The van der Waals surface area contributed by atoms with E-state index in [9.17, 15) is 0 Å². The van der Waals surface area contributed by atoms with E-state index in [0.717, 1.165) is 44.7 Å². The molecule has 0 atom stereocenters. The highest BCUT2D eigenvalue weighted by Gasteiger charge is 2.12. The molecule has 0 amide bonds. The number of fused-ring (bicyclic) bond motifs is 2. The molecule has 2 heterocycles. The quantitative estimate of drug-likeness (QED) is 0.521. The summed E-state index contributed by atoms with van der Waals surface area (Å²) in [5, 5.41) is 2.12. The number of pyridine rings is 2. The maximum atomic E-state index is 5.93. The molecule has 26 heavy (non-hydrogen) atoms. The minimum atomic E-state index is -0.720. The SMILES string of the molecule is Cc1ccc2cccc([O][Al][O]c3cccc4ccc(C)nc34)c2n1.O. The zero-order valence-corrected chi connectivity index (χ0v) is 15.7. The first-order valence-electron chi connectivity index (χ1n) is 8.08. The van der Waals surface area contributed by atoms with Crippen LogP contribution in [-0.4, -0.2) is 31.3 Å². The summed E-state index contributed by atoms with van der Waals surface area (Å²) in [6, 6.07) is 20.0. The Kier molecular flexibility index (Phi) is 5.38. The molecule has 0 aliphatic rings. The first-order chi connectivity index (χ1) is 12.2. The number of aromatic nitrogens is 2. The first-order valence-corrected chi connectivity index (χ1v) is 9.03. The van der Waals surface area contributed by atoms with Crippen LogP contribution >= 0.6 is 0 Å². The van der Waals surface area contributed by atoms with E-state index >= 15 is 0 Å². The van der Waals surface area contributed by atoms with Gasteiger partial charge < -0.3 is 13.1 Å². The van der Waals surface area contributed by atoms with Crippen LogP contribution in [0, 0.1) is 13.8 Å². The monoisotopic (exact) mass is 361 g/mol. The Labute approximate surface area is 158 Å². The Morgan fingerprint density at radius 3 is 1.58 bits per heavy atom. The van der Waals surface area contributed by atoms with Crippen LogP contribution in [0.25, 0.3) is 21.8 Å². The fourth-order valence-corrected chi connectivity index (χ4v) is 3.39. The van der Waals surface area contributed by atoms with Gasteiger partial charge in [-0.05, 0) is 38.1 Å². The van der Waals surface area contributed by atoms with E-state index in [1.807, 2.05) is 62.4 Å². The van der Waals surface area contributed by atoms with Crippen molar-refractivity contribution in [2.45, 2.75) is 13.8 Å². The van der Waals surface area contributed by atoms with Crippen LogP contribution in [0.1, 0.15) is 11.4 Å². The Morgan fingerprint density at radius 2 is 1.12 bits per heavy atom. The second kappa shape index (κ2) is 7.71. The minimum absolute atomic E-state index is 0. The highest BCUT2D eigenvalue weighted by Crippen LogP contribution is 2.26. The van der Waals surface area contributed by atoms with E-state index in [4.69, 9.17) is 7.58 Å². The molecule has 5 nitrogen and oxygen atoms in total. The van der Waals surface area contributed by atoms with Crippen molar-refractivity contribution in [3.8, 4) is 11.5 Å². The van der Waals surface area contributed by atoms with Gasteiger partial charge >= 0.3 is 15.9 Å². The zero-order valence-electron chi connectivity index (χ0n) is 14.6. The molecule has 129 valence electrons. The van der Waals surface area contributed by atoms with Crippen LogP contribution in [0.15, 0.2) is 60.7 Å². The molecule has 0 bridgehead atoms. The maximum absolute atomic E-state index is 5.93. The molecule has 0 unspecified atom stereocenters. The standard InChI is InChI=1S/2C10H9NO.Al.H2O/c2*1-7-5-6-8-3-2-4-9(12)10(8)11-7;;/h2*2-6,12H,1H3;;1H2/q;;+2;/p-2. The van der Waals surface area contributed by atoms with Crippen LogP contribution in [0.2, 0.25) is 0 Å². The number of hydrogen-bond donors (Lipinski definition) is 0. The van der Waals surface area contributed by atoms with Gasteiger partial charge in [0.15, 0.2) is 0 Å². The summed E-state index contributed by atoms with van der Waals surface area (Å²) in [4.78, 5) is 9.17. The van der Waals surface area contributed by atoms with E-state index in [2.05, 4.69) is 22.1 Å². The van der Waals surface area contributed by atoms with Crippen LogP contribution < -0.4 is 7.58 Å². The van der Waals surface area contributed by atoms with Crippen molar-refractivity contribution in [3.05, 3.63) is 72.1 Å². The first kappa shape index (κ1) is 18.2. The third kappa shape index (κ3) is 3.63. The molecule has 0 spiro atoms. The minimum Gasteiger partial charge on any atom is -0.614 e. The molecule has 0 fully saturated rings. The highest BCUT2D eigenvalue weighted by atomic mass is 27.2. The average Bonchev–Trinajstić information content (AvgIpc) is 2.62. The molecule has 4 rings (SSSR count). The number of hydrogen-bond acceptors (Lipinski definition) is 4. The molecule has 1 radical (unpaired) electrons. The fourth-order valence-electron chi connectivity index (χ4n) is 2.75. The molecule has 0 saturated heterocycles. The molecule has 0 aliphatic heterocycles. The Morgan fingerprint density at radius 1 is 0.654 bits per heavy atom. The van der Waals surface area contributed by atoms with Crippen LogP contribution in [0.3, 0.4) is 0 Å². The number of aryl methyl sites for hydroxylation is 2. The largest absolute Gasteiger partial charge is 0.882 e. The van der Waals surface area contributed by atoms with Gasteiger partial charge in [-0.2, -0.15) is 0 Å². The lowest BCUT2D eigenvalue weighted by Crippen LogP contribution is -2.12. The zero-order chi connectivity index (χ0) is 17.2. The normalized spacial score (nSPS) is 10.4. The number of para-hydroxylation sites is 2. The Balaban J connectivity index is 0.00000196. The predicted molar refractivity (Wildman–Crippen MR) is 104 cm³/mol. The smallest absolute Gasteiger partial charge is 0.614 e. The van der Waals surface area contributed by atoms with Gasteiger partial charge in [0, 0.05) is 22.2 Å². The van der Waals surface area contributed by atoms with E-state index in [0.29, 0.717) is 0 Å². The summed E-state index contributed by atoms with van der Waals surface area (Å²) in [6.07, 6.45) is 0. The van der Waals surface area contributed by atoms with Gasteiger partial charge in [0.25, 0.3) is 0 Å². The summed E-state index contributed by atoms with van der Waals surface area (Å²) >= 11 is -0.720. The number of rotatable bonds is 4. The maximum Gasteiger partial charge on any atom is 0.882 e. The molecule has 0 aliphatic carbocycles. The van der Waals surface area contributed by atoms with Crippen LogP contribution in [0.4, 0.5) is 0 Å². The van der Waals surface area contributed by atoms with Crippen molar-refractivity contribution in [3.63, 3.8) is 0 Å². The van der Waals surface area contributed by atoms with Crippen LogP contribution in [-0.2, 0) is 0 Å². The van der Waals surface area contributed by atoms with Crippen molar-refractivity contribution in [2.75, 3.05) is 0 Å². The molecule has 0 saturated carbocycles. The number of benzene rings is 2. The third-order valence-corrected chi connectivity index (χ3v) is 4.70. The highest BCUT2D eigenvalue weighted by molar-refractivity contribution is 6.21. The fraction of sp³-hybridized carbons (Fsp3) is 0.100. The lowest BCUT2D eigenvalue weighted by atomic mass is 10.2. The molecular formula is C20H18AlN2O3. The Hall–Kier alpha value is -2.65. The predicted octanol–water partition coefficient (Wildman–Crippen LogP) is 3.57. The van der Waals surface area contributed by atoms with Gasteiger partial charge in [0.1, 0.15) is 22.5 Å². The average molecular weight is 361 g/mol. The van der Waals surface area contributed by atoms with Gasteiger partial charge in [-0.3, -0.25) is 0 Å². The summed E-state index contributed by atoms with van der Waals surface area (Å²) in [5.41, 5.74) is 3.66. The second-order valence-electron chi connectivity index (χ2n) is 5.89. The summed E-state index contributed by atoms with van der Waals surface area (Å²) in [7, 11) is 0.